The highest BCUT2D eigenvalue weighted by molar-refractivity contribution is 6.09. The summed E-state index contributed by atoms with van der Waals surface area (Å²) < 4.78 is 6.25. The zero-order chi connectivity index (χ0) is 21.7. The molecule has 0 aliphatic carbocycles. The van der Waals surface area contributed by atoms with Crippen LogP contribution in [0.2, 0.25) is 0 Å². The summed E-state index contributed by atoms with van der Waals surface area (Å²) in [6.07, 6.45) is 0. The van der Waals surface area contributed by atoms with E-state index in [2.05, 4.69) is 105 Å². The van der Waals surface area contributed by atoms with Gasteiger partial charge in [-0.2, -0.15) is 0 Å². The second kappa shape index (κ2) is 7.39. The Labute approximate surface area is 187 Å². The SMILES string of the molecule is CC(C)c1ccc(-c2ccc(-c3cccc4c3oc3ccccc34)cc2)c2ccccc12. The van der Waals surface area contributed by atoms with E-state index >= 15 is 0 Å². The quantitative estimate of drug-likeness (QED) is 0.282. The van der Waals surface area contributed by atoms with Crippen molar-refractivity contribution in [3.05, 3.63) is 109 Å². The summed E-state index contributed by atoms with van der Waals surface area (Å²) in [7, 11) is 0. The maximum atomic E-state index is 6.25. The summed E-state index contributed by atoms with van der Waals surface area (Å²) in [5.41, 5.74) is 8.09. The maximum Gasteiger partial charge on any atom is 0.143 e. The van der Waals surface area contributed by atoms with E-state index in [0.29, 0.717) is 5.92 Å². The summed E-state index contributed by atoms with van der Waals surface area (Å²) in [6.45, 7) is 4.52. The molecule has 154 valence electrons. The molecule has 0 amide bonds. The summed E-state index contributed by atoms with van der Waals surface area (Å²) in [4.78, 5) is 0. The molecule has 1 heteroatoms. The second-order valence-corrected chi connectivity index (χ2v) is 8.76. The van der Waals surface area contributed by atoms with Crippen molar-refractivity contribution in [2.75, 3.05) is 0 Å². The highest BCUT2D eigenvalue weighted by Crippen LogP contribution is 2.38. The van der Waals surface area contributed by atoms with Crippen LogP contribution < -0.4 is 0 Å². The Morgan fingerprint density at radius 1 is 0.500 bits per heavy atom. The van der Waals surface area contributed by atoms with Gasteiger partial charge in [0, 0.05) is 16.3 Å². The predicted octanol–water partition coefficient (Wildman–Crippen LogP) is 9.20. The van der Waals surface area contributed by atoms with Crippen LogP contribution in [0.4, 0.5) is 0 Å². The summed E-state index contributed by atoms with van der Waals surface area (Å²) in [6, 6.07) is 36.8. The lowest BCUT2D eigenvalue weighted by molar-refractivity contribution is 0.670. The normalized spacial score (nSPS) is 11.7. The molecule has 6 rings (SSSR count). The Kier molecular flexibility index (Phi) is 4.36. The Hall–Kier alpha value is -3.84. The molecule has 1 aromatic heterocycles. The Balaban J connectivity index is 1.48. The molecule has 0 saturated heterocycles. The highest BCUT2D eigenvalue weighted by Gasteiger charge is 2.13. The summed E-state index contributed by atoms with van der Waals surface area (Å²) in [5, 5.41) is 4.98. The van der Waals surface area contributed by atoms with Gasteiger partial charge in [-0.1, -0.05) is 111 Å². The number of rotatable bonds is 3. The van der Waals surface area contributed by atoms with Crippen LogP contribution in [0.25, 0.3) is 55.0 Å². The molecule has 0 bridgehead atoms. The molecule has 6 aromatic rings. The fourth-order valence-corrected chi connectivity index (χ4v) is 4.88. The van der Waals surface area contributed by atoms with E-state index in [0.717, 1.165) is 27.5 Å². The molecule has 0 saturated carbocycles. The first-order valence-electron chi connectivity index (χ1n) is 11.2. The van der Waals surface area contributed by atoms with Crippen molar-refractivity contribution in [3.63, 3.8) is 0 Å². The van der Waals surface area contributed by atoms with Gasteiger partial charge in [0.1, 0.15) is 11.2 Å². The van der Waals surface area contributed by atoms with Gasteiger partial charge in [-0.25, -0.2) is 0 Å². The number of furan rings is 1. The molecule has 32 heavy (non-hydrogen) atoms. The fraction of sp³-hybridized carbons (Fsp3) is 0.0968. The topological polar surface area (TPSA) is 13.1 Å². The van der Waals surface area contributed by atoms with Crippen LogP contribution in [-0.2, 0) is 0 Å². The molecular formula is C31H24O. The van der Waals surface area contributed by atoms with E-state index in [1.165, 1.54) is 33.0 Å². The molecule has 0 spiro atoms. The van der Waals surface area contributed by atoms with Crippen LogP contribution in [0.3, 0.4) is 0 Å². The minimum atomic E-state index is 0.501. The number of hydrogen-bond acceptors (Lipinski definition) is 1. The smallest absolute Gasteiger partial charge is 0.143 e. The van der Waals surface area contributed by atoms with Crippen LogP contribution in [0, 0.1) is 0 Å². The molecular weight excluding hydrogens is 388 g/mol. The molecule has 0 N–H and O–H groups in total. The van der Waals surface area contributed by atoms with E-state index < -0.39 is 0 Å². The summed E-state index contributed by atoms with van der Waals surface area (Å²) in [5.74, 6) is 0.501. The van der Waals surface area contributed by atoms with Crippen LogP contribution in [-0.4, -0.2) is 0 Å². The molecule has 0 atom stereocenters. The lowest BCUT2D eigenvalue weighted by Crippen LogP contribution is -1.91. The van der Waals surface area contributed by atoms with Gasteiger partial charge in [-0.15, -0.1) is 0 Å². The van der Waals surface area contributed by atoms with E-state index in [1.807, 2.05) is 12.1 Å². The van der Waals surface area contributed by atoms with Crippen molar-refractivity contribution in [3.8, 4) is 22.3 Å². The van der Waals surface area contributed by atoms with Gasteiger partial charge < -0.3 is 4.42 Å². The van der Waals surface area contributed by atoms with E-state index in [1.54, 1.807) is 0 Å². The molecule has 5 aromatic carbocycles. The standard InChI is InChI=1S/C31H24O/c1-20(2)23-18-19-24(27-9-4-3-8-26(23)27)21-14-16-22(17-15-21)25-11-7-12-29-28-10-5-6-13-30(28)32-31(25)29/h3-20H,1-2H3. The Morgan fingerprint density at radius 3 is 1.88 bits per heavy atom. The van der Waals surface area contributed by atoms with Crippen molar-refractivity contribution in [2.45, 2.75) is 19.8 Å². The third-order valence-electron chi connectivity index (χ3n) is 6.49. The molecule has 0 unspecified atom stereocenters. The molecule has 1 heterocycles. The van der Waals surface area contributed by atoms with Crippen molar-refractivity contribution < 1.29 is 4.42 Å². The average Bonchev–Trinajstić information content (AvgIpc) is 3.22. The number of benzene rings is 5. The van der Waals surface area contributed by atoms with Crippen molar-refractivity contribution in [2.24, 2.45) is 0 Å². The highest BCUT2D eigenvalue weighted by atomic mass is 16.3. The second-order valence-electron chi connectivity index (χ2n) is 8.76. The zero-order valence-corrected chi connectivity index (χ0v) is 18.3. The predicted molar refractivity (Wildman–Crippen MR) is 136 cm³/mol. The molecule has 0 aliphatic heterocycles. The minimum absolute atomic E-state index is 0.501. The fourth-order valence-electron chi connectivity index (χ4n) is 4.88. The third-order valence-corrected chi connectivity index (χ3v) is 6.49. The number of hydrogen-bond donors (Lipinski definition) is 0. The lowest BCUT2D eigenvalue weighted by Gasteiger charge is -2.14. The van der Waals surface area contributed by atoms with Gasteiger partial charge in [0.25, 0.3) is 0 Å². The minimum Gasteiger partial charge on any atom is -0.455 e. The maximum absolute atomic E-state index is 6.25. The first-order chi connectivity index (χ1) is 15.7. The summed E-state index contributed by atoms with van der Waals surface area (Å²) >= 11 is 0. The van der Waals surface area contributed by atoms with Gasteiger partial charge in [0.05, 0.1) is 0 Å². The van der Waals surface area contributed by atoms with Crippen LogP contribution in [0.5, 0.6) is 0 Å². The first kappa shape index (κ1) is 18.9. The Morgan fingerprint density at radius 2 is 1.12 bits per heavy atom. The monoisotopic (exact) mass is 412 g/mol. The van der Waals surface area contributed by atoms with Crippen LogP contribution in [0.15, 0.2) is 108 Å². The number of para-hydroxylation sites is 2. The van der Waals surface area contributed by atoms with Crippen molar-refractivity contribution in [1.82, 2.24) is 0 Å². The van der Waals surface area contributed by atoms with E-state index in [-0.39, 0.29) is 0 Å². The first-order valence-corrected chi connectivity index (χ1v) is 11.2. The van der Waals surface area contributed by atoms with Crippen molar-refractivity contribution in [1.29, 1.82) is 0 Å². The molecule has 0 radical (unpaired) electrons. The molecule has 0 aliphatic rings. The van der Waals surface area contributed by atoms with Gasteiger partial charge in [0.2, 0.25) is 0 Å². The third kappa shape index (κ3) is 2.93. The van der Waals surface area contributed by atoms with E-state index in [9.17, 15) is 0 Å². The average molecular weight is 413 g/mol. The largest absolute Gasteiger partial charge is 0.455 e. The lowest BCUT2D eigenvalue weighted by atomic mass is 9.90. The molecule has 1 nitrogen and oxygen atoms in total. The van der Waals surface area contributed by atoms with Gasteiger partial charge in [-0.05, 0) is 45.0 Å². The van der Waals surface area contributed by atoms with Crippen LogP contribution in [0.1, 0.15) is 25.3 Å². The van der Waals surface area contributed by atoms with Gasteiger partial charge in [0.15, 0.2) is 0 Å². The van der Waals surface area contributed by atoms with Crippen molar-refractivity contribution >= 4 is 32.7 Å². The van der Waals surface area contributed by atoms with Gasteiger partial charge in [-0.3, -0.25) is 0 Å². The molecule has 0 fully saturated rings. The van der Waals surface area contributed by atoms with E-state index in [4.69, 9.17) is 4.42 Å². The Bertz CT molecular complexity index is 1580. The van der Waals surface area contributed by atoms with Crippen LogP contribution >= 0.6 is 0 Å². The number of fused-ring (bicyclic) bond motifs is 4. The van der Waals surface area contributed by atoms with Gasteiger partial charge >= 0.3 is 0 Å². The zero-order valence-electron chi connectivity index (χ0n) is 18.3.